The number of aromatic nitrogens is 1. The van der Waals surface area contributed by atoms with Crippen molar-refractivity contribution in [3.05, 3.63) is 65.2 Å². The number of hydrogen-bond donors (Lipinski definition) is 0. The Morgan fingerprint density at radius 3 is 2.50 bits per heavy atom. The van der Waals surface area contributed by atoms with E-state index in [1.54, 1.807) is 16.2 Å². The molecule has 1 aliphatic rings. The maximum absolute atomic E-state index is 12.9. The van der Waals surface area contributed by atoms with Gasteiger partial charge in [0.25, 0.3) is 5.91 Å². The number of hydrogen-bond acceptors (Lipinski definition) is 5. The molecule has 0 N–H and O–H groups in total. The van der Waals surface area contributed by atoms with E-state index in [0.717, 1.165) is 41.2 Å². The van der Waals surface area contributed by atoms with Crippen LogP contribution in [0.4, 0.5) is 0 Å². The number of para-hydroxylation sites is 1. The minimum absolute atomic E-state index is 0.128. The fourth-order valence-corrected chi connectivity index (χ4v) is 4.39. The van der Waals surface area contributed by atoms with Crippen molar-refractivity contribution in [2.24, 2.45) is 0 Å². The molecule has 3 aromatic rings. The number of thiazole rings is 1. The second kappa shape index (κ2) is 8.52. The van der Waals surface area contributed by atoms with E-state index in [2.05, 4.69) is 4.98 Å². The van der Waals surface area contributed by atoms with E-state index in [1.165, 1.54) is 0 Å². The normalized spacial score (nSPS) is 14.9. The average molecular weight is 394 g/mol. The number of carbonyl (C=O) groups is 2. The number of rotatable bonds is 6. The maximum Gasteiger partial charge on any atom is 0.307 e. The summed E-state index contributed by atoms with van der Waals surface area (Å²) in [4.78, 5) is 31.8. The molecule has 1 aliphatic heterocycles. The molecule has 0 radical (unpaired) electrons. The smallest absolute Gasteiger partial charge is 0.307 e. The number of nitrogens with zero attached hydrogens (tertiary/aromatic N) is 2. The molecule has 1 saturated heterocycles. The molecule has 28 heavy (non-hydrogen) atoms. The van der Waals surface area contributed by atoms with Gasteiger partial charge in [-0.2, -0.15) is 0 Å². The van der Waals surface area contributed by atoms with E-state index in [0.29, 0.717) is 12.0 Å². The standard InChI is InChI=1S/C22H22N2O3S/c25-20(13-12-19-23-17-10-4-5-11-18(17)28-19)27-21(16-8-2-1-3-9-16)22(26)24-14-6-7-15-24/h1-5,8-11,21H,6-7,12-15H2. The molecule has 144 valence electrons. The number of fused-ring (bicyclic) bond motifs is 1. The Morgan fingerprint density at radius 2 is 1.75 bits per heavy atom. The third kappa shape index (κ3) is 4.22. The van der Waals surface area contributed by atoms with Crippen molar-refractivity contribution in [2.75, 3.05) is 13.1 Å². The summed E-state index contributed by atoms with van der Waals surface area (Å²) in [5.74, 6) is -0.502. The van der Waals surface area contributed by atoms with Crippen LogP contribution in [0.15, 0.2) is 54.6 Å². The highest BCUT2D eigenvalue weighted by molar-refractivity contribution is 7.18. The van der Waals surface area contributed by atoms with Crippen molar-refractivity contribution in [3.8, 4) is 0 Å². The van der Waals surface area contributed by atoms with Crippen LogP contribution >= 0.6 is 11.3 Å². The summed E-state index contributed by atoms with van der Waals surface area (Å²) < 4.78 is 6.76. The summed E-state index contributed by atoms with van der Waals surface area (Å²) >= 11 is 1.59. The highest BCUT2D eigenvalue weighted by Gasteiger charge is 2.30. The molecule has 0 saturated carbocycles. The van der Waals surface area contributed by atoms with E-state index < -0.39 is 6.10 Å². The summed E-state index contributed by atoms with van der Waals surface area (Å²) in [5, 5.41) is 0.903. The van der Waals surface area contributed by atoms with Gasteiger partial charge in [0.1, 0.15) is 0 Å². The second-order valence-corrected chi connectivity index (χ2v) is 8.00. The summed E-state index contributed by atoms with van der Waals surface area (Å²) in [5.41, 5.74) is 1.66. The third-order valence-corrected chi connectivity index (χ3v) is 5.97. The number of benzene rings is 2. The first kappa shape index (κ1) is 18.6. The lowest BCUT2D eigenvalue weighted by molar-refractivity contribution is -0.160. The van der Waals surface area contributed by atoms with Crippen LogP contribution in [0, 0.1) is 0 Å². The zero-order valence-corrected chi connectivity index (χ0v) is 16.4. The van der Waals surface area contributed by atoms with E-state index in [9.17, 15) is 9.59 Å². The number of carbonyl (C=O) groups excluding carboxylic acids is 2. The van der Waals surface area contributed by atoms with Crippen molar-refractivity contribution >= 4 is 33.4 Å². The van der Waals surface area contributed by atoms with Crippen molar-refractivity contribution in [2.45, 2.75) is 31.8 Å². The van der Waals surface area contributed by atoms with Crippen LogP contribution in [0.25, 0.3) is 10.2 Å². The molecule has 1 unspecified atom stereocenters. The molecular weight excluding hydrogens is 372 g/mol. The lowest BCUT2D eigenvalue weighted by atomic mass is 10.1. The van der Waals surface area contributed by atoms with Gasteiger partial charge >= 0.3 is 5.97 Å². The van der Waals surface area contributed by atoms with Gasteiger partial charge in [-0.3, -0.25) is 9.59 Å². The van der Waals surface area contributed by atoms with Gasteiger partial charge < -0.3 is 9.64 Å². The van der Waals surface area contributed by atoms with Crippen LogP contribution in [-0.2, 0) is 20.7 Å². The van der Waals surface area contributed by atoms with E-state index >= 15 is 0 Å². The lowest BCUT2D eigenvalue weighted by Gasteiger charge is -2.23. The molecule has 1 amide bonds. The van der Waals surface area contributed by atoms with Gasteiger partial charge in [0, 0.05) is 25.1 Å². The van der Waals surface area contributed by atoms with Crippen molar-refractivity contribution in [3.63, 3.8) is 0 Å². The number of aryl methyl sites for hydroxylation is 1. The lowest BCUT2D eigenvalue weighted by Crippen LogP contribution is -2.34. The van der Waals surface area contributed by atoms with Crippen LogP contribution in [0.3, 0.4) is 0 Å². The Labute approximate surface area is 168 Å². The fraction of sp³-hybridized carbons (Fsp3) is 0.318. The topological polar surface area (TPSA) is 59.5 Å². The SMILES string of the molecule is O=C(CCc1nc2ccccc2s1)OC(C(=O)N1CCCC1)c1ccccc1. The van der Waals surface area contributed by atoms with E-state index in [1.807, 2.05) is 54.6 Å². The van der Waals surface area contributed by atoms with Crippen LogP contribution in [0.5, 0.6) is 0 Å². The summed E-state index contributed by atoms with van der Waals surface area (Å²) in [6.45, 7) is 1.46. The van der Waals surface area contributed by atoms with Crippen LogP contribution in [0.2, 0.25) is 0 Å². The fourth-order valence-electron chi connectivity index (χ4n) is 3.42. The Morgan fingerprint density at radius 1 is 1.04 bits per heavy atom. The van der Waals surface area contributed by atoms with Gasteiger partial charge in [0.05, 0.1) is 21.6 Å². The predicted molar refractivity (Wildman–Crippen MR) is 109 cm³/mol. The van der Waals surface area contributed by atoms with Crippen molar-refractivity contribution in [1.29, 1.82) is 0 Å². The molecule has 0 bridgehead atoms. The molecular formula is C22H22N2O3S. The Kier molecular flexibility index (Phi) is 5.67. The van der Waals surface area contributed by atoms with E-state index in [4.69, 9.17) is 4.74 Å². The molecule has 0 aliphatic carbocycles. The molecule has 0 spiro atoms. The molecule has 2 aromatic carbocycles. The van der Waals surface area contributed by atoms with Gasteiger partial charge in [0.2, 0.25) is 6.10 Å². The molecule has 6 heteroatoms. The second-order valence-electron chi connectivity index (χ2n) is 6.89. The zero-order valence-electron chi connectivity index (χ0n) is 15.5. The van der Waals surface area contributed by atoms with Gasteiger partial charge in [0.15, 0.2) is 0 Å². The largest absolute Gasteiger partial charge is 0.447 e. The maximum atomic E-state index is 12.9. The van der Waals surface area contributed by atoms with Crippen molar-refractivity contribution in [1.82, 2.24) is 9.88 Å². The Balaban J connectivity index is 1.43. The number of likely N-dealkylation sites (tertiary alicyclic amines) is 1. The van der Waals surface area contributed by atoms with E-state index in [-0.39, 0.29) is 18.3 Å². The molecule has 4 rings (SSSR count). The van der Waals surface area contributed by atoms with Crippen LogP contribution in [-0.4, -0.2) is 34.8 Å². The molecule has 2 heterocycles. The minimum Gasteiger partial charge on any atom is -0.447 e. The number of esters is 1. The molecule has 1 aromatic heterocycles. The van der Waals surface area contributed by atoms with Gasteiger partial charge in [-0.05, 0) is 25.0 Å². The van der Waals surface area contributed by atoms with Crippen molar-refractivity contribution < 1.29 is 14.3 Å². The van der Waals surface area contributed by atoms with Gasteiger partial charge in [-0.15, -0.1) is 11.3 Å². The monoisotopic (exact) mass is 394 g/mol. The predicted octanol–water partition coefficient (Wildman–Crippen LogP) is 4.14. The summed E-state index contributed by atoms with van der Waals surface area (Å²) in [6.07, 6.45) is 1.84. The zero-order chi connectivity index (χ0) is 19.3. The van der Waals surface area contributed by atoms with Gasteiger partial charge in [-0.1, -0.05) is 42.5 Å². The van der Waals surface area contributed by atoms with Crippen LogP contribution < -0.4 is 0 Å². The molecule has 5 nitrogen and oxygen atoms in total. The first-order valence-electron chi connectivity index (χ1n) is 9.58. The quantitative estimate of drug-likeness (QED) is 0.590. The Hall–Kier alpha value is -2.73. The number of ether oxygens (including phenoxy) is 1. The Bertz CT molecular complexity index is 931. The first-order valence-corrected chi connectivity index (χ1v) is 10.4. The molecule has 1 atom stereocenters. The highest BCUT2D eigenvalue weighted by Crippen LogP contribution is 2.25. The highest BCUT2D eigenvalue weighted by atomic mass is 32.1. The molecule has 1 fully saturated rings. The first-order chi connectivity index (χ1) is 13.7. The number of amides is 1. The third-order valence-electron chi connectivity index (χ3n) is 4.87. The minimum atomic E-state index is -0.873. The summed E-state index contributed by atoms with van der Waals surface area (Å²) in [6, 6.07) is 17.2. The van der Waals surface area contributed by atoms with Gasteiger partial charge in [-0.25, -0.2) is 4.98 Å². The van der Waals surface area contributed by atoms with Crippen LogP contribution in [0.1, 0.15) is 35.9 Å². The summed E-state index contributed by atoms with van der Waals surface area (Å²) in [7, 11) is 0. The average Bonchev–Trinajstić information content (AvgIpc) is 3.40.